The van der Waals surface area contributed by atoms with Gasteiger partial charge >= 0.3 is 0 Å². The normalized spacial score (nSPS) is 30.1. The molecular formula is C40H60O6. The van der Waals surface area contributed by atoms with E-state index >= 15 is 0 Å². The fourth-order valence-corrected chi connectivity index (χ4v) is 8.30. The summed E-state index contributed by atoms with van der Waals surface area (Å²) < 4.78 is 31.9. The molecule has 6 nitrogen and oxygen atoms in total. The molecule has 1 aromatic carbocycles. The van der Waals surface area contributed by atoms with Crippen LogP contribution in [0.15, 0.2) is 65.8 Å². The fourth-order valence-electron chi connectivity index (χ4n) is 8.30. The highest BCUT2D eigenvalue weighted by atomic mass is 16.7. The number of hydrogen-bond donors (Lipinski definition) is 1. The molecule has 1 saturated carbocycles. The van der Waals surface area contributed by atoms with Crippen LogP contribution in [0.25, 0.3) is 0 Å². The molecule has 2 aliphatic heterocycles. The van der Waals surface area contributed by atoms with E-state index in [1.807, 2.05) is 18.2 Å². The molecule has 2 aliphatic carbocycles. The SMILES string of the molecule is CC=CC(CC(CCC=C(C)C)C1C(OC2CCCCO2)CC2C=C(C(CO)COCc3ccccc3)CC21)OC1CCCCO1. The second kappa shape index (κ2) is 18.7. The molecule has 1 N–H and O–H groups in total. The third-order valence-electron chi connectivity index (χ3n) is 10.6. The molecule has 0 bridgehead atoms. The van der Waals surface area contributed by atoms with Crippen molar-refractivity contribution < 1.29 is 28.8 Å². The van der Waals surface area contributed by atoms with Crippen LogP contribution < -0.4 is 0 Å². The first-order valence-electron chi connectivity index (χ1n) is 18.3. The quantitative estimate of drug-likeness (QED) is 0.173. The highest BCUT2D eigenvalue weighted by molar-refractivity contribution is 5.22. The van der Waals surface area contributed by atoms with Gasteiger partial charge in [-0.2, -0.15) is 0 Å². The van der Waals surface area contributed by atoms with Gasteiger partial charge in [-0.25, -0.2) is 0 Å². The van der Waals surface area contributed by atoms with E-state index in [0.29, 0.717) is 36.9 Å². The monoisotopic (exact) mass is 636 g/mol. The van der Waals surface area contributed by atoms with Gasteiger partial charge in [0, 0.05) is 19.1 Å². The number of allylic oxidation sites excluding steroid dienone is 4. The van der Waals surface area contributed by atoms with Crippen molar-refractivity contribution in [3.63, 3.8) is 0 Å². The Bertz CT molecular complexity index is 1100. The lowest BCUT2D eigenvalue weighted by Crippen LogP contribution is -2.37. The van der Waals surface area contributed by atoms with Crippen molar-refractivity contribution in [3.8, 4) is 0 Å². The van der Waals surface area contributed by atoms with Gasteiger partial charge in [-0.3, -0.25) is 0 Å². The van der Waals surface area contributed by atoms with Gasteiger partial charge in [0.2, 0.25) is 0 Å². The van der Waals surface area contributed by atoms with Gasteiger partial charge in [0.05, 0.1) is 32.0 Å². The second-order valence-electron chi connectivity index (χ2n) is 14.3. The summed E-state index contributed by atoms with van der Waals surface area (Å²) in [6.45, 7) is 9.29. The summed E-state index contributed by atoms with van der Waals surface area (Å²) in [7, 11) is 0. The van der Waals surface area contributed by atoms with Crippen molar-refractivity contribution in [2.45, 2.75) is 123 Å². The topological polar surface area (TPSA) is 66.4 Å². The molecule has 2 heterocycles. The molecule has 4 aliphatic rings. The Balaban J connectivity index is 1.34. The number of ether oxygens (including phenoxy) is 5. The average molecular weight is 637 g/mol. The maximum atomic E-state index is 10.5. The van der Waals surface area contributed by atoms with Crippen LogP contribution >= 0.6 is 0 Å². The largest absolute Gasteiger partial charge is 0.396 e. The Hall–Kier alpha value is -1.80. The molecule has 46 heavy (non-hydrogen) atoms. The molecule has 256 valence electrons. The van der Waals surface area contributed by atoms with Gasteiger partial charge in [-0.15, -0.1) is 0 Å². The number of fused-ring (bicyclic) bond motifs is 1. The van der Waals surface area contributed by atoms with Gasteiger partial charge in [0.25, 0.3) is 0 Å². The second-order valence-corrected chi connectivity index (χ2v) is 14.3. The van der Waals surface area contributed by atoms with E-state index < -0.39 is 0 Å². The molecule has 1 aromatic rings. The molecular weight excluding hydrogens is 576 g/mol. The summed E-state index contributed by atoms with van der Waals surface area (Å²) in [6.07, 6.45) is 20.9. The minimum atomic E-state index is -0.117. The summed E-state index contributed by atoms with van der Waals surface area (Å²) in [5, 5.41) is 10.5. The van der Waals surface area contributed by atoms with Crippen molar-refractivity contribution in [1.29, 1.82) is 0 Å². The first kappa shape index (κ1) is 35.5. The van der Waals surface area contributed by atoms with E-state index in [1.54, 1.807) is 0 Å². The zero-order valence-corrected chi connectivity index (χ0v) is 28.7. The Morgan fingerprint density at radius 1 is 1.02 bits per heavy atom. The predicted octanol–water partition coefficient (Wildman–Crippen LogP) is 8.55. The van der Waals surface area contributed by atoms with Crippen LogP contribution in [0, 0.1) is 29.6 Å². The Morgan fingerprint density at radius 3 is 2.46 bits per heavy atom. The Labute approximate surface area is 278 Å². The van der Waals surface area contributed by atoms with Crippen LogP contribution in [0.4, 0.5) is 0 Å². The van der Waals surface area contributed by atoms with Crippen molar-refractivity contribution in [2.75, 3.05) is 26.4 Å². The first-order chi connectivity index (χ1) is 22.5. The van der Waals surface area contributed by atoms with Gasteiger partial charge in [-0.1, -0.05) is 65.8 Å². The summed E-state index contributed by atoms with van der Waals surface area (Å²) in [5.41, 5.74) is 3.90. The summed E-state index contributed by atoms with van der Waals surface area (Å²) in [4.78, 5) is 0. The van der Waals surface area contributed by atoms with Gasteiger partial charge in [0.1, 0.15) is 0 Å². The standard InChI is InChI=1S/C40H60O6/c1-4-13-35(45-38-18-8-10-20-43-38)23-31(17-12-14-29(2)3)40-36-24-32(34(26-41)28-42-27-30-15-6-5-7-16-30)22-33(36)25-37(40)46-39-19-9-11-21-44-39/h4-7,13-16,22,31,33-41H,8-12,17-21,23-28H2,1-3H3. The fraction of sp³-hybridized carbons (Fsp3) is 0.700. The molecule has 5 rings (SSSR count). The van der Waals surface area contributed by atoms with E-state index in [4.69, 9.17) is 23.7 Å². The highest BCUT2D eigenvalue weighted by Gasteiger charge is 2.50. The molecule has 6 heteroatoms. The predicted molar refractivity (Wildman–Crippen MR) is 183 cm³/mol. The molecule has 0 aromatic heterocycles. The van der Waals surface area contributed by atoms with E-state index in [1.165, 1.54) is 17.6 Å². The van der Waals surface area contributed by atoms with Crippen LogP contribution in [0.3, 0.4) is 0 Å². The van der Waals surface area contributed by atoms with Gasteiger partial charge in [-0.05, 0) is 121 Å². The third kappa shape index (κ3) is 10.3. The van der Waals surface area contributed by atoms with Crippen molar-refractivity contribution in [2.24, 2.45) is 29.6 Å². The minimum Gasteiger partial charge on any atom is -0.396 e. The number of benzene rings is 1. The summed E-state index contributed by atoms with van der Waals surface area (Å²) in [6, 6.07) is 10.3. The number of aliphatic hydroxyl groups excluding tert-OH is 1. The molecule has 9 atom stereocenters. The zero-order valence-electron chi connectivity index (χ0n) is 28.7. The Morgan fingerprint density at radius 2 is 1.78 bits per heavy atom. The van der Waals surface area contributed by atoms with Crippen LogP contribution in [-0.2, 0) is 30.3 Å². The van der Waals surface area contributed by atoms with Crippen LogP contribution in [-0.4, -0.2) is 56.3 Å². The van der Waals surface area contributed by atoms with Crippen LogP contribution in [0.1, 0.15) is 97.0 Å². The Kier molecular flexibility index (Phi) is 14.4. The number of hydrogen-bond acceptors (Lipinski definition) is 6. The van der Waals surface area contributed by atoms with E-state index in [9.17, 15) is 5.11 Å². The lowest BCUT2D eigenvalue weighted by atomic mass is 9.75. The van der Waals surface area contributed by atoms with Gasteiger partial charge in [0.15, 0.2) is 12.6 Å². The van der Waals surface area contributed by atoms with E-state index in [-0.39, 0.29) is 37.3 Å². The smallest absolute Gasteiger partial charge is 0.158 e. The zero-order chi connectivity index (χ0) is 32.1. The molecule has 2 saturated heterocycles. The summed E-state index contributed by atoms with van der Waals surface area (Å²) in [5.74, 6) is 1.79. The molecule has 0 radical (unpaired) electrons. The van der Waals surface area contributed by atoms with Crippen molar-refractivity contribution in [3.05, 3.63) is 71.3 Å². The van der Waals surface area contributed by atoms with E-state index in [2.05, 4.69) is 57.2 Å². The molecule has 3 fully saturated rings. The van der Waals surface area contributed by atoms with E-state index in [0.717, 1.165) is 83.0 Å². The number of aliphatic hydroxyl groups is 1. The average Bonchev–Trinajstić information content (AvgIpc) is 3.61. The minimum absolute atomic E-state index is 0.0147. The van der Waals surface area contributed by atoms with Crippen molar-refractivity contribution >= 4 is 0 Å². The van der Waals surface area contributed by atoms with Crippen LogP contribution in [0.5, 0.6) is 0 Å². The molecule has 0 amide bonds. The highest BCUT2D eigenvalue weighted by Crippen LogP contribution is 2.54. The van der Waals surface area contributed by atoms with Crippen LogP contribution in [0.2, 0.25) is 0 Å². The maximum absolute atomic E-state index is 10.5. The maximum Gasteiger partial charge on any atom is 0.158 e. The third-order valence-corrected chi connectivity index (χ3v) is 10.6. The van der Waals surface area contributed by atoms with Gasteiger partial charge < -0.3 is 28.8 Å². The first-order valence-corrected chi connectivity index (χ1v) is 18.3. The summed E-state index contributed by atoms with van der Waals surface area (Å²) >= 11 is 0. The van der Waals surface area contributed by atoms with Crippen molar-refractivity contribution in [1.82, 2.24) is 0 Å². The molecule has 9 unspecified atom stereocenters. The lowest BCUT2D eigenvalue weighted by Gasteiger charge is -2.37. The lowest BCUT2D eigenvalue weighted by molar-refractivity contribution is -0.203. The molecule has 0 spiro atoms. The number of rotatable bonds is 17.